The first-order chi connectivity index (χ1) is 10.2. The number of hydrogen-bond acceptors (Lipinski definition) is 4. The molecular weight excluding hydrogens is 282 g/mol. The van der Waals surface area contributed by atoms with E-state index in [1.54, 1.807) is 0 Å². The molecule has 3 rings (SSSR count). The first-order valence-corrected chi connectivity index (χ1v) is 7.82. The first-order valence-electron chi connectivity index (χ1n) is 7.19. The Morgan fingerprint density at radius 1 is 1.43 bits per heavy atom. The number of hydrogen-bond donors (Lipinski definition) is 2. The van der Waals surface area contributed by atoms with Crippen molar-refractivity contribution in [2.45, 2.75) is 13.0 Å². The summed E-state index contributed by atoms with van der Waals surface area (Å²) in [5, 5.41) is 3.88. The molecule has 0 saturated heterocycles. The highest BCUT2D eigenvalue weighted by Crippen LogP contribution is 2.27. The average molecular weight is 301 g/mol. The summed E-state index contributed by atoms with van der Waals surface area (Å²) in [5.74, 6) is 0.617. The minimum Gasteiger partial charge on any atom is -0.351 e. The molecule has 1 aromatic carbocycles. The van der Waals surface area contributed by atoms with Crippen LogP contribution in [-0.2, 0) is 13.0 Å². The first kappa shape index (κ1) is 14.4. The highest BCUT2D eigenvalue weighted by atomic mass is 32.1. The molecule has 0 unspecified atom stereocenters. The fraction of sp³-hybridized carbons (Fsp3) is 0.375. The molecule has 2 aromatic rings. The summed E-state index contributed by atoms with van der Waals surface area (Å²) in [5.41, 5.74) is 3.81. The van der Waals surface area contributed by atoms with Crippen LogP contribution >= 0.6 is 12.6 Å². The summed E-state index contributed by atoms with van der Waals surface area (Å²) in [6.45, 7) is 2.33. The zero-order valence-corrected chi connectivity index (χ0v) is 13.0. The number of amides is 1. The van der Waals surface area contributed by atoms with Gasteiger partial charge in [-0.3, -0.25) is 9.78 Å². The standard InChI is InChI=1S/C16H19N3OS/c1-19-8-6-14-12(10-19)15(16(20)17-7-9-21)11-4-2-3-5-13(11)18-14/h2-5,21H,6-10H2,1H3,(H,17,20). The van der Waals surface area contributed by atoms with E-state index in [4.69, 9.17) is 4.98 Å². The molecule has 0 atom stereocenters. The van der Waals surface area contributed by atoms with Gasteiger partial charge in [-0.15, -0.1) is 0 Å². The van der Waals surface area contributed by atoms with Gasteiger partial charge in [0, 0.05) is 48.5 Å². The number of benzene rings is 1. The summed E-state index contributed by atoms with van der Waals surface area (Å²) in [4.78, 5) is 19.6. The number of carbonyl (C=O) groups is 1. The number of carbonyl (C=O) groups excluding carboxylic acids is 1. The van der Waals surface area contributed by atoms with Crippen LogP contribution in [0.4, 0.5) is 0 Å². The SMILES string of the molecule is CN1CCc2nc3ccccc3c(C(=O)NCCS)c2C1. The van der Waals surface area contributed by atoms with Crippen molar-refractivity contribution in [3.63, 3.8) is 0 Å². The van der Waals surface area contributed by atoms with Gasteiger partial charge in [-0.05, 0) is 13.1 Å². The lowest BCUT2D eigenvalue weighted by molar-refractivity contribution is 0.0955. The lowest BCUT2D eigenvalue weighted by Crippen LogP contribution is -2.32. The fourth-order valence-corrected chi connectivity index (χ4v) is 2.95. The van der Waals surface area contributed by atoms with E-state index in [2.05, 4.69) is 29.9 Å². The third-order valence-corrected chi connectivity index (χ3v) is 4.09. The van der Waals surface area contributed by atoms with Crippen LogP contribution in [0.1, 0.15) is 21.6 Å². The van der Waals surface area contributed by atoms with Gasteiger partial charge in [0.25, 0.3) is 5.91 Å². The topological polar surface area (TPSA) is 45.2 Å². The number of nitrogens with zero attached hydrogens (tertiary/aromatic N) is 2. The Kier molecular flexibility index (Phi) is 4.12. The van der Waals surface area contributed by atoms with Crippen LogP contribution in [0, 0.1) is 0 Å². The smallest absolute Gasteiger partial charge is 0.252 e. The predicted octanol–water partition coefficient (Wildman–Crippen LogP) is 1.88. The molecule has 0 radical (unpaired) electrons. The highest BCUT2D eigenvalue weighted by Gasteiger charge is 2.24. The van der Waals surface area contributed by atoms with E-state index in [-0.39, 0.29) is 5.91 Å². The van der Waals surface area contributed by atoms with Gasteiger partial charge in [-0.2, -0.15) is 12.6 Å². The molecule has 0 spiro atoms. The van der Waals surface area contributed by atoms with Crippen LogP contribution in [-0.4, -0.2) is 41.7 Å². The minimum absolute atomic E-state index is 0.0193. The van der Waals surface area contributed by atoms with Gasteiger partial charge in [0.05, 0.1) is 11.1 Å². The maximum Gasteiger partial charge on any atom is 0.252 e. The molecule has 0 saturated carbocycles. The van der Waals surface area contributed by atoms with Crippen molar-refractivity contribution >= 4 is 29.4 Å². The lowest BCUT2D eigenvalue weighted by Gasteiger charge is -2.27. The Hall–Kier alpha value is -1.59. The van der Waals surface area contributed by atoms with Crippen molar-refractivity contribution in [3.05, 3.63) is 41.1 Å². The van der Waals surface area contributed by atoms with E-state index in [0.29, 0.717) is 12.3 Å². The second-order valence-electron chi connectivity index (χ2n) is 5.40. The molecule has 1 N–H and O–H groups in total. The van der Waals surface area contributed by atoms with Gasteiger partial charge < -0.3 is 10.2 Å². The zero-order chi connectivity index (χ0) is 14.8. The number of fused-ring (bicyclic) bond motifs is 2. The molecule has 0 aliphatic carbocycles. The van der Waals surface area contributed by atoms with E-state index in [1.165, 1.54) is 0 Å². The fourth-order valence-electron chi connectivity index (χ4n) is 2.84. The Morgan fingerprint density at radius 3 is 3.05 bits per heavy atom. The van der Waals surface area contributed by atoms with Crippen LogP contribution < -0.4 is 5.32 Å². The second-order valence-corrected chi connectivity index (χ2v) is 5.84. The highest BCUT2D eigenvalue weighted by molar-refractivity contribution is 7.80. The summed E-state index contributed by atoms with van der Waals surface area (Å²) >= 11 is 4.16. The summed E-state index contributed by atoms with van der Waals surface area (Å²) in [6.07, 6.45) is 0.892. The van der Waals surface area contributed by atoms with Crippen molar-refractivity contribution in [1.29, 1.82) is 0 Å². The number of pyridine rings is 1. The van der Waals surface area contributed by atoms with E-state index >= 15 is 0 Å². The van der Waals surface area contributed by atoms with Gasteiger partial charge in [0.15, 0.2) is 0 Å². The van der Waals surface area contributed by atoms with Crippen molar-refractivity contribution in [2.24, 2.45) is 0 Å². The van der Waals surface area contributed by atoms with E-state index in [1.807, 2.05) is 24.3 Å². The van der Waals surface area contributed by atoms with Gasteiger partial charge in [-0.25, -0.2) is 0 Å². The molecule has 1 aromatic heterocycles. The molecule has 5 heteroatoms. The number of thiol groups is 1. The van der Waals surface area contributed by atoms with Gasteiger partial charge in [-0.1, -0.05) is 18.2 Å². The molecule has 1 aliphatic rings. The van der Waals surface area contributed by atoms with Crippen LogP contribution in [0.5, 0.6) is 0 Å². The van der Waals surface area contributed by atoms with Crippen molar-refractivity contribution in [3.8, 4) is 0 Å². The van der Waals surface area contributed by atoms with Crippen LogP contribution in [0.3, 0.4) is 0 Å². The van der Waals surface area contributed by atoms with E-state index in [9.17, 15) is 4.79 Å². The third kappa shape index (κ3) is 2.76. The lowest BCUT2D eigenvalue weighted by atomic mass is 9.95. The number of likely N-dealkylation sites (N-methyl/N-ethyl adjacent to an activating group) is 1. The molecule has 0 fully saturated rings. The predicted molar refractivity (Wildman–Crippen MR) is 88.0 cm³/mol. The van der Waals surface area contributed by atoms with Gasteiger partial charge >= 0.3 is 0 Å². The van der Waals surface area contributed by atoms with Gasteiger partial charge in [0.1, 0.15) is 0 Å². The molecule has 110 valence electrons. The number of para-hydroxylation sites is 1. The molecule has 2 heterocycles. The zero-order valence-electron chi connectivity index (χ0n) is 12.1. The Labute approximate surface area is 130 Å². The monoisotopic (exact) mass is 301 g/mol. The average Bonchev–Trinajstić information content (AvgIpc) is 2.50. The molecule has 0 bridgehead atoms. The Bertz CT molecular complexity index is 687. The molecule has 4 nitrogen and oxygen atoms in total. The van der Waals surface area contributed by atoms with Crippen molar-refractivity contribution in [2.75, 3.05) is 25.9 Å². The molecular formula is C16H19N3OS. The normalized spacial score (nSPS) is 15.0. The second kappa shape index (κ2) is 6.03. The molecule has 1 aliphatic heterocycles. The van der Waals surface area contributed by atoms with Crippen LogP contribution in [0.15, 0.2) is 24.3 Å². The van der Waals surface area contributed by atoms with Crippen LogP contribution in [0.2, 0.25) is 0 Å². The number of aromatic nitrogens is 1. The van der Waals surface area contributed by atoms with Crippen molar-refractivity contribution in [1.82, 2.24) is 15.2 Å². The largest absolute Gasteiger partial charge is 0.351 e. The van der Waals surface area contributed by atoms with E-state index < -0.39 is 0 Å². The van der Waals surface area contributed by atoms with Gasteiger partial charge in [0.2, 0.25) is 0 Å². The summed E-state index contributed by atoms with van der Waals surface area (Å²) in [7, 11) is 2.08. The Balaban J connectivity index is 2.17. The third-order valence-electron chi connectivity index (χ3n) is 3.86. The number of rotatable bonds is 3. The minimum atomic E-state index is -0.0193. The number of nitrogens with one attached hydrogen (secondary N) is 1. The van der Waals surface area contributed by atoms with E-state index in [0.717, 1.165) is 47.2 Å². The quantitative estimate of drug-likeness (QED) is 0.851. The maximum atomic E-state index is 12.6. The van der Waals surface area contributed by atoms with Crippen molar-refractivity contribution < 1.29 is 4.79 Å². The molecule has 1 amide bonds. The summed E-state index contributed by atoms with van der Waals surface area (Å²) in [6, 6.07) is 7.88. The Morgan fingerprint density at radius 2 is 2.24 bits per heavy atom. The molecule has 21 heavy (non-hydrogen) atoms. The van der Waals surface area contributed by atoms with Crippen LogP contribution in [0.25, 0.3) is 10.9 Å². The summed E-state index contributed by atoms with van der Waals surface area (Å²) < 4.78 is 0. The maximum absolute atomic E-state index is 12.6.